The Bertz CT molecular complexity index is 1350. The number of amides is 1. The number of nitrogens with one attached hydrogen (secondary N) is 1. The van der Waals surface area contributed by atoms with E-state index >= 15 is 0 Å². The largest absolute Gasteiger partial charge is 0.465 e. The number of aryl methyl sites for hydroxylation is 1. The van der Waals surface area contributed by atoms with Crippen molar-refractivity contribution in [2.45, 2.75) is 19.8 Å². The summed E-state index contributed by atoms with van der Waals surface area (Å²) in [4.78, 5) is 32.2. The van der Waals surface area contributed by atoms with Crippen molar-refractivity contribution in [2.24, 2.45) is 5.92 Å². The van der Waals surface area contributed by atoms with Crippen LogP contribution in [0, 0.1) is 12.8 Å². The molecule has 1 amide bonds. The van der Waals surface area contributed by atoms with Gasteiger partial charge in [0.15, 0.2) is 10.8 Å². The summed E-state index contributed by atoms with van der Waals surface area (Å²) in [6, 6.07) is 16.9. The van der Waals surface area contributed by atoms with E-state index in [2.05, 4.69) is 15.3 Å². The number of hydrogen-bond acceptors (Lipinski definition) is 7. The number of carbonyl (C=O) groups excluding carboxylic acids is 2. The SMILES string of the molecule is COC(=O)c1ccccc1NC(=O)C1CCCN(c2nc3c(s2)c(C)nn3-c2ccccc2)C1. The Morgan fingerprint density at radius 1 is 1.12 bits per heavy atom. The molecule has 0 spiro atoms. The van der Waals surface area contributed by atoms with Gasteiger partial charge in [0.2, 0.25) is 5.91 Å². The third kappa shape index (κ3) is 4.14. The topological polar surface area (TPSA) is 89.3 Å². The first kappa shape index (κ1) is 22.1. The van der Waals surface area contributed by atoms with Gasteiger partial charge >= 0.3 is 5.97 Å². The van der Waals surface area contributed by atoms with Crippen molar-refractivity contribution in [2.75, 3.05) is 30.4 Å². The molecule has 4 aromatic rings. The zero-order valence-electron chi connectivity index (χ0n) is 19.0. The van der Waals surface area contributed by atoms with Gasteiger partial charge in [0.25, 0.3) is 0 Å². The van der Waals surface area contributed by atoms with Crippen molar-refractivity contribution in [3.63, 3.8) is 0 Å². The monoisotopic (exact) mass is 475 g/mol. The van der Waals surface area contributed by atoms with Gasteiger partial charge in [-0.05, 0) is 44.0 Å². The van der Waals surface area contributed by atoms with Gasteiger partial charge in [-0.25, -0.2) is 9.48 Å². The predicted molar refractivity (Wildman–Crippen MR) is 133 cm³/mol. The number of benzene rings is 2. The number of piperidine rings is 1. The van der Waals surface area contributed by atoms with Gasteiger partial charge in [-0.1, -0.05) is 41.7 Å². The molecule has 1 fully saturated rings. The maximum Gasteiger partial charge on any atom is 0.339 e. The highest BCUT2D eigenvalue weighted by molar-refractivity contribution is 7.22. The molecule has 5 rings (SSSR count). The number of ether oxygens (including phenoxy) is 1. The fourth-order valence-electron chi connectivity index (χ4n) is 4.29. The Labute approximate surface area is 201 Å². The molecule has 1 aliphatic heterocycles. The van der Waals surface area contributed by atoms with E-state index in [9.17, 15) is 9.59 Å². The molecular formula is C25H25N5O3S. The average Bonchev–Trinajstić information content (AvgIpc) is 3.45. The molecule has 0 aliphatic carbocycles. The minimum atomic E-state index is -0.474. The number of esters is 1. The van der Waals surface area contributed by atoms with Gasteiger partial charge in [-0.2, -0.15) is 10.1 Å². The summed E-state index contributed by atoms with van der Waals surface area (Å²) >= 11 is 1.61. The maximum atomic E-state index is 13.1. The Kier molecular flexibility index (Phi) is 6.02. The Morgan fingerprint density at radius 3 is 2.68 bits per heavy atom. The highest BCUT2D eigenvalue weighted by atomic mass is 32.1. The number of para-hydroxylation sites is 2. The van der Waals surface area contributed by atoms with Crippen LogP contribution in [0.4, 0.5) is 10.8 Å². The van der Waals surface area contributed by atoms with E-state index in [0.29, 0.717) is 17.8 Å². The second-order valence-electron chi connectivity index (χ2n) is 8.29. The molecule has 2 aromatic carbocycles. The van der Waals surface area contributed by atoms with Crippen LogP contribution in [0.5, 0.6) is 0 Å². The maximum absolute atomic E-state index is 13.1. The third-order valence-corrected chi connectivity index (χ3v) is 7.25. The van der Waals surface area contributed by atoms with Crippen molar-refractivity contribution in [3.8, 4) is 5.69 Å². The molecule has 0 radical (unpaired) electrons. The van der Waals surface area contributed by atoms with E-state index in [-0.39, 0.29) is 11.8 Å². The van der Waals surface area contributed by atoms with Gasteiger partial charge in [-0.3, -0.25) is 4.79 Å². The molecule has 8 nitrogen and oxygen atoms in total. The zero-order valence-corrected chi connectivity index (χ0v) is 19.8. The van der Waals surface area contributed by atoms with Gasteiger partial charge in [-0.15, -0.1) is 0 Å². The molecule has 174 valence electrons. The lowest BCUT2D eigenvalue weighted by Crippen LogP contribution is -2.40. The number of hydrogen-bond donors (Lipinski definition) is 1. The van der Waals surface area contributed by atoms with Crippen LogP contribution in [0.1, 0.15) is 28.9 Å². The average molecular weight is 476 g/mol. The number of aromatic nitrogens is 3. The summed E-state index contributed by atoms with van der Waals surface area (Å²) in [6.45, 7) is 3.41. The van der Waals surface area contributed by atoms with E-state index in [1.807, 2.05) is 41.9 Å². The van der Waals surface area contributed by atoms with Crippen molar-refractivity contribution >= 4 is 44.4 Å². The van der Waals surface area contributed by atoms with E-state index in [1.54, 1.807) is 35.6 Å². The summed E-state index contributed by atoms with van der Waals surface area (Å²) in [5.41, 5.74) is 3.56. The molecule has 34 heavy (non-hydrogen) atoms. The van der Waals surface area contributed by atoms with Gasteiger partial charge in [0.05, 0.1) is 40.4 Å². The van der Waals surface area contributed by atoms with E-state index in [1.165, 1.54) is 7.11 Å². The Hall–Kier alpha value is -3.72. The second-order valence-corrected chi connectivity index (χ2v) is 9.27. The standard InChI is InChI=1S/C25H25N5O3S/c1-16-21-22(30(28-16)18-10-4-3-5-11-18)27-25(34-21)29-14-8-9-17(15-29)23(31)26-20-13-7-6-12-19(20)24(32)33-2/h3-7,10-13,17H,8-9,14-15H2,1-2H3,(H,26,31). The normalized spacial score (nSPS) is 15.9. The minimum absolute atomic E-state index is 0.103. The van der Waals surface area contributed by atoms with Gasteiger partial charge in [0.1, 0.15) is 0 Å². The van der Waals surface area contributed by atoms with Crippen LogP contribution in [0.25, 0.3) is 16.0 Å². The van der Waals surface area contributed by atoms with E-state index in [0.717, 1.165) is 46.2 Å². The van der Waals surface area contributed by atoms with Gasteiger partial charge < -0.3 is 15.0 Å². The predicted octanol–water partition coefficient (Wildman–Crippen LogP) is 4.43. The smallest absolute Gasteiger partial charge is 0.339 e. The Morgan fingerprint density at radius 2 is 1.88 bits per heavy atom. The van der Waals surface area contributed by atoms with Crippen LogP contribution in [0.15, 0.2) is 54.6 Å². The third-order valence-electron chi connectivity index (χ3n) is 6.03. The summed E-state index contributed by atoms with van der Waals surface area (Å²) in [6.07, 6.45) is 1.67. The van der Waals surface area contributed by atoms with E-state index in [4.69, 9.17) is 9.72 Å². The highest BCUT2D eigenvalue weighted by Crippen LogP contribution is 2.34. The van der Waals surface area contributed by atoms with Crippen LogP contribution >= 0.6 is 11.3 Å². The molecule has 1 N–H and O–H groups in total. The molecule has 1 saturated heterocycles. The van der Waals surface area contributed by atoms with Crippen molar-refractivity contribution in [1.82, 2.24) is 14.8 Å². The fourth-order valence-corrected chi connectivity index (χ4v) is 5.31. The number of methoxy groups -OCH3 is 1. The van der Waals surface area contributed by atoms with Crippen LogP contribution in [0.3, 0.4) is 0 Å². The van der Waals surface area contributed by atoms with Crippen LogP contribution in [-0.4, -0.2) is 46.8 Å². The number of carbonyl (C=O) groups is 2. The molecule has 9 heteroatoms. The van der Waals surface area contributed by atoms with E-state index < -0.39 is 5.97 Å². The molecule has 0 saturated carbocycles. The van der Waals surface area contributed by atoms with Crippen LogP contribution < -0.4 is 10.2 Å². The van der Waals surface area contributed by atoms with Crippen LogP contribution in [-0.2, 0) is 9.53 Å². The molecule has 1 aliphatic rings. The molecule has 1 atom stereocenters. The van der Waals surface area contributed by atoms with Crippen LogP contribution in [0.2, 0.25) is 0 Å². The first-order valence-electron chi connectivity index (χ1n) is 11.2. The Balaban J connectivity index is 1.36. The lowest BCUT2D eigenvalue weighted by atomic mass is 9.97. The number of anilines is 2. The first-order chi connectivity index (χ1) is 16.5. The molecule has 2 aromatic heterocycles. The highest BCUT2D eigenvalue weighted by Gasteiger charge is 2.29. The summed E-state index contributed by atoms with van der Waals surface area (Å²) in [7, 11) is 1.33. The summed E-state index contributed by atoms with van der Waals surface area (Å²) in [5.74, 6) is -0.787. The summed E-state index contributed by atoms with van der Waals surface area (Å²) < 4.78 is 7.77. The fraction of sp³-hybridized carbons (Fsp3) is 0.280. The van der Waals surface area contributed by atoms with Gasteiger partial charge in [0, 0.05) is 13.1 Å². The second kappa shape index (κ2) is 9.26. The summed E-state index contributed by atoms with van der Waals surface area (Å²) in [5, 5.41) is 8.50. The van der Waals surface area contributed by atoms with Crippen molar-refractivity contribution in [1.29, 1.82) is 0 Å². The van der Waals surface area contributed by atoms with Crippen molar-refractivity contribution in [3.05, 3.63) is 65.9 Å². The molecule has 3 heterocycles. The number of rotatable bonds is 5. The molecule has 1 unspecified atom stereocenters. The first-order valence-corrected chi connectivity index (χ1v) is 12.0. The lowest BCUT2D eigenvalue weighted by Gasteiger charge is -2.31. The molecular weight excluding hydrogens is 450 g/mol. The number of nitrogens with zero attached hydrogens (tertiary/aromatic N) is 4. The minimum Gasteiger partial charge on any atom is -0.465 e. The molecule has 0 bridgehead atoms. The number of fused-ring (bicyclic) bond motifs is 1. The quantitative estimate of drug-likeness (QED) is 0.430. The number of thiazole rings is 1. The zero-order chi connectivity index (χ0) is 23.7. The lowest BCUT2D eigenvalue weighted by molar-refractivity contribution is -0.120. The van der Waals surface area contributed by atoms with Crippen molar-refractivity contribution < 1.29 is 14.3 Å².